The van der Waals surface area contributed by atoms with Gasteiger partial charge in [0, 0.05) is 6.42 Å². The highest BCUT2D eigenvalue weighted by Gasteiger charge is 2.27. The van der Waals surface area contributed by atoms with Crippen molar-refractivity contribution in [2.45, 2.75) is 142 Å². The molecule has 1 amide bonds. The molecule has 9 heteroatoms. The molecule has 0 spiro atoms. The number of amides is 1. The van der Waals surface area contributed by atoms with E-state index in [1.165, 1.54) is 19.3 Å². The van der Waals surface area contributed by atoms with Crippen molar-refractivity contribution in [3.8, 4) is 0 Å². The molecule has 0 heterocycles. The predicted molar refractivity (Wildman–Crippen MR) is 239 cm³/mol. The van der Waals surface area contributed by atoms with Crippen LogP contribution in [0.4, 0.5) is 0 Å². The second-order valence-corrected chi connectivity index (χ2v) is 16.4. The van der Waals surface area contributed by atoms with Crippen LogP contribution >= 0.6 is 7.82 Å². The van der Waals surface area contributed by atoms with Crippen LogP contribution in [0.1, 0.15) is 129 Å². The summed E-state index contributed by atoms with van der Waals surface area (Å²) in [6.07, 6.45) is 54.7. The molecule has 0 saturated heterocycles. The number of carbonyl (C=O) groups is 1. The molecule has 0 rings (SSSR count). The molecule has 318 valence electrons. The molecule has 0 aliphatic heterocycles. The van der Waals surface area contributed by atoms with E-state index in [2.05, 4.69) is 116 Å². The SMILES string of the molecule is CC/C=C\C/C=C\C/C=C\C/C=C\C/C=C\C/C=C\C/C=C\C/C=C\CCCCC(=O)NC(COP(=O)(O)OCC[N+](C)(C)C)C(O)/C=C/CCCCCCC. The lowest BCUT2D eigenvalue weighted by atomic mass is 10.1. The van der Waals surface area contributed by atoms with Gasteiger partial charge in [0.2, 0.25) is 5.91 Å². The first-order valence-corrected chi connectivity index (χ1v) is 22.8. The van der Waals surface area contributed by atoms with Gasteiger partial charge in [-0.3, -0.25) is 13.8 Å². The van der Waals surface area contributed by atoms with Gasteiger partial charge in [0.1, 0.15) is 13.2 Å². The number of likely N-dealkylation sites (N-methyl/N-ethyl adjacent to an activating group) is 1. The van der Waals surface area contributed by atoms with Crippen LogP contribution in [0, 0.1) is 0 Å². The zero-order valence-electron chi connectivity index (χ0n) is 35.8. The van der Waals surface area contributed by atoms with Gasteiger partial charge < -0.3 is 19.8 Å². The fourth-order valence-electron chi connectivity index (χ4n) is 5.11. The van der Waals surface area contributed by atoms with Gasteiger partial charge in [-0.2, -0.15) is 0 Å². The van der Waals surface area contributed by atoms with E-state index in [1.54, 1.807) is 6.08 Å². The zero-order chi connectivity index (χ0) is 41.4. The predicted octanol–water partition coefficient (Wildman–Crippen LogP) is 11.7. The maximum atomic E-state index is 12.8. The van der Waals surface area contributed by atoms with E-state index in [-0.39, 0.29) is 19.1 Å². The minimum absolute atomic E-state index is 0.0455. The van der Waals surface area contributed by atoms with Crippen molar-refractivity contribution in [3.63, 3.8) is 0 Å². The molecule has 0 radical (unpaired) electrons. The molecule has 0 aromatic carbocycles. The lowest BCUT2D eigenvalue weighted by Gasteiger charge is -2.25. The molecule has 0 aromatic heterocycles. The normalized spacial score (nSPS) is 15.5. The number of quaternary nitrogens is 1. The second kappa shape index (κ2) is 37.7. The Labute approximate surface area is 342 Å². The third kappa shape index (κ3) is 39.4. The molecule has 0 aliphatic carbocycles. The molecular formula is C47H80N2O6P+. The number of carbonyl (C=O) groups excluding carboxylic acids is 1. The summed E-state index contributed by atoms with van der Waals surface area (Å²) in [4.78, 5) is 23.0. The average Bonchev–Trinajstić information content (AvgIpc) is 3.15. The fourth-order valence-corrected chi connectivity index (χ4v) is 5.85. The van der Waals surface area contributed by atoms with Gasteiger partial charge in [-0.05, 0) is 83.5 Å². The van der Waals surface area contributed by atoms with Crippen LogP contribution in [-0.2, 0) is 18.4 Å². The number of unbranched alkanes of at least 4 members (excludes halogenated alkanes) is 7. The van der Waals surface area contributed by atoms with Crippen LogP contribution in [0.5, 0.6) is 0 Å². The van der Waals surface area contributed by atoms with Gasteiger partial charge in [-0.25, -0.2) is 4.57 Å². The van der Waals surface area contributed by atoms with Crippen LogP contribution in [0.2, 0.25) is 0 Å². The Bertz CT molecular complexity index is 1270. The topological polar surface area (TPSA) is 105 Å². The highest BCUT2D eigenvalue weighted by Crippen LogP contribution is 2.43. The number of nitrogens with one attached hydrogen (secondary N) is 1. The number of allylic oxidation sites excluding steroid dienone is 17. The van der Waals surface area contributed by atoms with Crippen molar-refractivity contribution < 1.29 is 32.9 Å². The van der Waals surface area contributed by atoms with Gasteiger partial charge >= 0.3 is 7.82 Å². The summed E-state index contributed by atoms with van der Waals surface area (Å²) in [6, 6.07) is -0.874. The van der Waals surface area contributed by atoms with E-state index >= 15 is 0 Å². The maximum absolute atomic E-state index is 12.8. The van der Waals surface area contributed by atoms with Gasteiger partial charge in [0.25, 0.3) is 0 Å². The quantitative estimate of drug-likeness (QED) is 0.0252. The zero-order valence-corrected chi connectivity index (χ0v) is 36.7. The van der Waals surface area contributed by atoms with Crippen molar-refractivity contribution in [3.05, 3.63) is 109 Å². The smallest absolute Gasteiger partial charge is 0.387 e. The lowest BCUT2D eigenvalue weighted by molar-refractivity contribution is -0.870. The summed E-state index contributed by atoms with van der Waals surface area (Å²) < 4.78 is 23.4. The second-order valence-electron chi connectivity index (χ2n) is 15.0. The van der Waals surface area contributed by atoms with E-state index < -0.39 is 20.0 Å². The standard InChI is InChI=1S/C47H79N2O6P/c1-6-8-10-12-14-15-16-17-18-19-20-21-22-23-24-25-26-27-28-29-30-31-32-33-35-37-39-41-47(51)48-45(46(50)40-38-36-34-13-11-9-7-2)44-55-56(52,53)54-43-42-49(3,4)5/h8,10,14-15,17-18,20-21,23-24,26-27,29-30,32-33,38,40,45-46,50H,6-7,9,11-13,16,19,22,25,28,31,34-37,39,41-44H2,1-5H3,(H-,48,51,52,53)/p+1/b10-8-,15-14-,18-17-,21-20-,24-23-,27-26-,30-29-,33-32-,40-38+. The Kier molecular flexibility index (Phi) is 35.8. The number of nitrogens with zero attached hydrogens (tertiary/aromatic N) is 1. The first-order chi connectivity index (χ1) is 27.0. The highest BCUT2D eigenvalue weighted by molar-refractivity contribution is 7.47. The van der Waals surface area contributed by atoms with Gasteiger partial charge in [-0.1, -0.05) is 149 Å². The summed E-state index contributed by atoms with van der Waals surface area (Å²) >= 11 is 0. The molecule has 56 heavy (non-hydrogen) atoms. The molecule has 3 unspecified atom stereocenters. The third-order valence-electron chi connectivity index (χ3n) is 8.50. The summed E-state index contributed by atoms with van der Waals surface area (Å²) in [7, 11) is 1.51. The summed E-state index contributed by atoms with van der Waals surface area (Å²) in [5.74, 6) is -0.231. The Morgan fingerprint density at radius 2 is 1.07 bits per heavy atom. The Balaban J connectivity index is 4.35. The summed E-state index contributed by atoms with van der Waals surface area (Å²) in [5.41, 5.74) is 0. The number of hydrogen-bond acceptors (Lipinski definition) is 5. The molecule has 0 bridgehead atoms. The summed E-state index contributed by atoms with van der Waals surface area (Å²) in [6.45, 7) is 4.56. The molecule has 0 saturated carbocycles. The lowest BCUT2D eigenvalue weighted by Crippen LogP contribution is -2.45. The van der Waals surface area contributed by atoms with E-state index in [0.29, 0.717) is 23.9 Å². The minimum atomic E-state index is -4.35. The summed E-state index contributed by atoms with van der Waals surface area (Å²) in [5, 5.41) is 13.6. The van der Waals surface area contributed by atoms with Crippen LogP contribution in [-0.4, -0.2) is 73.4 Å². The molecule has 0 aromatic rings. The Morgan fingerprint density at radius 3 is 1.55 bits per heavy atom. The molecule has 3 N–H and O–H groups in total. The Hall–Kier alpha value is -2.84. The first-order valence-electron chi connectivity index (χ1n) is 21.3. The fraction of sp³-hybridized carbons (Fsp3) is 0.596. The third-order valence-corrected chi connectivity index (χ3v) is 9.48. The largest absolute Gasteiger partial charge is 0.472 e. The highest BCUT2D eigenvalue weighted by atomic mass is 31.2. The Morgan fingerprint density at radius 1 is 0.625 bits per heavy atom. The number of rotatable bonds is 36. The maximum Gasteiger partial charge on any atom is 0.472 e. The van der Waals surface area contributed by atoms with Crippen molar-refractivity contribution >= 4 is 13.7 Å². The molecule has 0 fully saturated rings. The monoisotopic (exact) mass is 800 g/mol. The van der Waals surface area contributed by atoms with E-state index in [4.69, 9.17) is 9.05 Å². The molecule has 0 aliphatic rings. The van der Waals surface area contributed by atoms with Crippen molar-refractivity contribution in [2.75, 3.05) is 40.9 Å². The number of aliphatic hydroxyl groups is 1. The average molecular weight is 800 g/mol. The van der Waals surface area contributed by atoms with Crippen LogP contribution in [0.25, 0.3) is 0 Å². The van der Waals surface area contributed by atoms with Gasteiger partial charge in [0.15, 0.2) is 0 Å². The van der Waals surface area contributed by atoms with Crippen LogP contribution in [0.15, 0.2) is 109 Å². The van der Waals surface area contributed by atoms with Gasteiger partial charge in [0.05, 0.1) is 39.9 Å². The number of aliphatic hydroxyl groups excluding tert-OH is 1. The van der Waals surface area contributed by atoms with Gasteiger partial charge in [-0.15, -0.1) is 0 Å². The molecule has 3 atom stereocenters. The molecule has 8 nitrogen and oxygen atoms in total. The van der Waals surface area contributed by atoms with Crippen molar-refractivity contribution in [1.82, 2.24) is 5.32 Å². The van der Waals surface area contributed by atoms with E-state index in [1.807, 2.05) is 27.2 Å². The minimum Gasteiger partial charge on any atom is -0.387 e. The number of phosphoric ester groups is 1. The van der Waals surface area contributed by atoms with Crippen molar-refractivity contribution in [2.24, 2.45) is 0 Å². The van der Waals surface area contributed by atoms with E-state index in [0.717, 1.165) is 83.5 Å². The van der Waals surface area contributed by atoms with Crippen LogP contribution < -0.4 is 5.32 Å². The number of phosphoric acid groups is 1. The van der Waals surface area contributed by atoms with Crippen molar-refractivity contribution in [1.29, 1.82) is 0 Å². The van der Waals surface area contributed by atoms with Crippen LogP contribution in [0.3, 0.4) is 0 Å². The molecular weight excluding hydrogens is 719 g/mol. The number of hydrogen-bond donors (Lipinski definition) is 3. The first kappa shape index (κ1) is 53.2. The van der Waals surface area contributed by atoms with E-state index in [9.17, 15) is 19.4 Å².